The summed E-state index contributed by atoms with van der Waals surface area (Å²) in [6, 6.07) is 13.5. The molecule has 41 heavy (non-hydrogen) atoms. The number of fused-ring (bicyclic) bond motifs is 2. The molecule has 6 rings (SSSR count). The second kappa shape index (κ2) is 14.3. The SMILES string of the molecule is Clc1cc2c(Cl)ncnc2cn1.Clc1ccc(Nc2ncnc3cnc(Cl)cc23)c(Cl)c1.Nc1ccc(Cl)cc1Cl. The van der Waals surface area contributed by atoms with Gasteiger partial charge in [-0.1, -0.05) is 81.2 Å². The summed E-state index contributed by atoms with van der Waals surface area (Å²) >= 11 is 40.6. The van der Waals surface area contributed by atoms with Gasteiger partial charge in [-0.15, -0.1) is 0 Å². The van der Waals surface area contributed by atoms with Crippen molar-refractivity contribution in [2.75, 3.05) is 11.1 Å². The van der Waals surface area contributed by atoms with E-state index in [0.717, 1.165) is 10.8 Å². The highest BCUT2D eigenvalue weighted by atomic mass is 35.5. The van der Waals surface area contributed by atoms with Gasteiger partial charge in [-0.3, -0.25) is 0 Å². The van der Waals surface area contributed by atoms with E-state index in [9.17, 15) is 0 Å². The van der Waals surface area contributed by atoms with Crippen LogP contribution in [0, 0.1) is 0 Å². The van der Waals surface area contributed by atoms with Crippen LogP contribution in [0.5, 0.6) is 0 Å². The first-order valence-corrected chi connectivity index (χ1v) is 13.9. The fourth-order valence-electron chi connectivity index (χ4n) is 3.16. The number of benzene rings is 2. The summed E-state index contributed by atoms with van der Waals surface area (Å²) in [6.07, 6.45) is 5.99. The fraction of sp³-hybridized carbons (Fsp3) is 0. The van der Waals surface area contributed by atoms with E-state index >= 15 is 0 Å². The Kier molecular flexibility index (Phi) is 10.8. The van der Waals surface area contributed by atoms with Crippen LogP contribution in [0.15, 0.2) is 73.6 Å². The summed E-state index contributed by atoms with van der Waals surface area (Å²) in [5.41, 5.74) is 8.04. The number of halogens is 7. The van der Waals surface area contributed by atoms with Crippen molar-refractivity contribution in [3.8, 4) is 0 Å². The maximum absolute atomic E-state index is 6.13. The summed E-state index contributed by atoms with van der Waals surface area (Å²) in [6.45, 7) is 0. The summed E-state index contributed by atoms with van der Waals surface area (Å²) in [5.74, 6) is 0.600. The molecule has 4 aromatic heterocycles. The van der Waals surface area contributed by atoms with Gasteiger partial charge in [-0.25, -0.2) is 29.9 Å². The van der Waals surface area contributed by atoms with E-state index in [0.29, 0.717) is 63.8 Å². The Morgan fingerprint density at radius 1 is 0.561 bits per heavy atom. The highest BCUT2D eigenvalue weighted by Gasteiger charge is 2.08. The molecule has 0 aliphatic heterocycles. The van der Waals surface area contributed by atoms with Gasteiger partial charge in [0.15, 0.2) is 0 Å². The zero-order chi connectivity index (χ0) is 29.5. The average molecular weight is 688 g/mol. The Labute approximate surface area is 268 Å². The topological polar surface area (TPSA) is 115 Å². The van der Waals surface area contributed by atoms with Crippen molar-refractivity contribution in [1.82, 2.24) is 29.9 Å². The Bertz CT molecular complexity index is 1840. The molecular formula is C26H15Cl7N8. The summed E-state index contributed by atoms with van der Waals surface area (Å²) in [4.78, 5) is 24.0. The van der Waals surface area contributed by atoms with E-state index < -0.39 is 0 Å². The zero-order valence-electron chi connectivity index (χ0n) is 20.3. The lowest BCUT2D eigenvalue weighted by molar-refractivity contribution is 1.20. The van der Waals surface area contributed by atoms with Crippen molar-refractivity contribution in [1.29, 1.82) is 0 Å². The van der Waals surface area contributed by atoms with Gasteiger partial charge in [0.2, 0.25) is 0 Å². The largest absolute Gasteiger partial charge is 0.398 e. The number of hydrogen-bond donors (Lipinski definition) is 2. The molecule has 0 radical (unpaired) electrons. The minimum atomic E-state index is 0.373. The molecule has 208 valence electrons. The first-order valence-electron chi connectivity index (χ1n) is 11.2. The van der Waals surface area contributed by atoms with Gasteiger partial charge in [-0.2, -0.15) is 0 Å². The lowest BCUT2D eigenvalue weighted by Crippen LogP contribution is -1.97. The number of nitrogen functional groups attached to an aromatic ring is 1. The van der Waals surface area contributed by atoms with E-state index in [1.807, 2.05) is 0 Å². The number of anilines is 3. The molecule has 0 spiro atoms. The molecule has 0 bridgehead atoms. The monoisotopic (exact) mass is 684 g/mol. The lowest BCUT2D eigenvalue weighted by atomic mass is 10.2. The number of nitrogens with one attached hydrogen (secondary N) is 1. The maximum Gasteiger partial charge on any atom is 0.141 e. The van der Waals surface area contributed by atoms with Crippen molar-refractivity contribution in [3.63, 3.8) is 0 Å². The Morgan fingerprint density at radius 3 is 1.73 bits per heavy atom. The quantitative estimate of drug-likeness (QED) is 0.105. The number of rotatable bonds is 2. The number of pyridine rings is 2. The van der Waals surface area contributed by atoms with Crippen molar-refractivity contribution >= 4 is 120 Å². The number of hydrogen-bond acceptors (Lipinski definition) is 8. The summed E-state index contributed by atoms with van der Waals surface area (Å²) < 4.78 is 0. The summed E-state index contributed by atoms with van der Waals surface area (Å²) in [5, 5.41) is 7.96. The molecule has 0 aliphatic carbocycles. The fourth-order valence-corrected chi connectivity index (χ4v) is 4.53. The van der Waals surface area contributed by atoms with E-state index in [4.69, 9.17) is 86.9 Å². The molecule has 0 saturated heterocycles. The predicted molar refractivity (Wildman–Crippen MR) is 170 cm³/mol. The van der Waals surface area contributed by atoms with Crippen molar-refractivity contribution < 1.29 is 0 Å². The second-order valence-electron chi connectivity index (χ2n) is 7.85. The summed E-state index contributed by atoms with van der Waals surface area (Å²) in [7, 11) is 0. The van der Waals surface area contributed by atoms with Crippen LogP contribution in [-0.4, -0.2) is 29.9 Å². The minimum Gasteiger partial charge on any atom is -0.398 e. The van der Waals surface area contributed by atoms with Crippen LogP contribution >= 0.6 is 81.2 Å². The third kappa shape index (κ3) is 8.53. The van der Waals surface area contributed by atoms with Gasteiger partial charge in [0.25, 0.3) is 0 Å². The standard InChI is InChI=1S/C13H7Cl3N4.C7H3Cl2N3.C6H5Cl2N/c14-7-1-2-10(9(15)3-7)20-13-8-4-12(16)17-5-11(8)18-6-19-13;8-6-1-4-5(2-10-6)11-3-12-7(4)9;7-4-1-2-6(9)5(8)3-4/h1-6H,(H,18,19,20);1-3H;1-3H,9H2. The Balaban J connectivity index is 0.000000156. The van der Waals surface area contributed by atoms with Crippen molar-refractivity contribution in [2.45, 2.75) is 0 Å². The zero-order valence-corrected chi connectivity index (χ0v) is 25.6. The lowest BCUT2D eigenvalue weighted by Gasteiger charge is -2.10. The Hall–Kier alpha value is -2.95. The molecule has 2 aromatic carbocycles. The van der Waals surface area contributed by atoms with Crippen LogP contribution in [0.4, 0.5) is 17.2 Å². The molecule has 15 heteroatoms. The minimum absolute atomic E-state index is 0.373. The van der Waals surface area contributed by atoms with Gasteiger partial charge >= 0.3 is 0 Å². The van der Waals surface area contributed by atoms with Crippen molar-refractivity contribution in [2.24, 2.45) is 0 Å². The molecule has 0 saturated carbocycles. The normalized spacial score (nSPS) is 10.4. The van der Waals surface area contributed by atoms with Gasteiger partial charge < -0.3 is 11.1 Å². The second-order valence-corrected chi connectivity index (χ2v) is 10.7. The average Bonchev–Trinajstić information content (AvgIpc) is 2.94. The van der Waals surface area contributed by atoms with Gasteiger partial charge in [0.1, 0.15) is 33.9 Å². The van der Waals surface area contributed by atoms with Crippen LogP contribution < -0.4 is 11.1 Å². The van der Waals surface area contributed by atoms with Gasteiger partial charge in [0.05, 0.1) is 44.8 Å². The molecule has 3 N–H and O–H groups in total. The van der Waals surface area contributed by atoms with Crippen LogP contribution in [0.2, 0.25) is 35.5 Å². The molecule has 0 unspecified atom stereocenters. The maximum atomic E-state index is 6.13. The molecule has 4 heterocycles. The molecule has 0 amide bonds. The van der Waals surface area contributed by atoms with Crippen LogP contribution in [-0.2, 0) is 0 Å². The highest BCUT2D eigenvalue weighted by molar-refractivity contribution is 6.37. The highest BCUT2D eigenvalue weighted by Crippen LogP contribution is 2.30. The molecule has 6 aromatic rings. The third-order valence-corrected chi connectivity index (χ3v) is 6.90. The van der Waals surface area contributed by atoms with E-state index in [2.05, 4.69) is 35.2 Å². The van der Waals surface area contributed by atoms with Crippen LogP contribution in [0.25, 0.3) is 21.8 Å². The van der Waals surface area contributed by atoms with Gasteiger partial charge in [-0.05, 0) is 48.5 Å². The van der Waals surface area contributed by atoms with Gasteiger partial charge in [0, 0.05) is 20.8 Å². The van der Waals surface area contributed by atoms with Crippen molar-refractivity contribution in [3.05, 3.63) is 109 Å². The van der Waals surface area contributed by atoms with Crippen LogP contribution in [0.1, 0.15) is 0 Å². The number of nitrogens with two attached hydrogens (primary N) is 1. The number of nitrogens with zero attached hydrogens (tertiary/aromatic N) is 6. The van der Waals surface area contributed by atoms with E-state index in [-0.39, 0.29) is 0 Å². The first kappa shape index (κ1) is 31.0. The Morgan fingerprint density at radius 2 is 1.12 bits per heavy atom. The smallest absolute Gasteiger partial charge is 0.141 e. The molecule has 0 aliphatic rings. The number of aromatic nitrogens is 6. The van der Waals surface area contributed by atoms with E-state index in [1.54, 1.807) is 60.9 Å². The predicted octanol–water partition coefficient (Wildman–Crippen LogP) is 9.64. The third-order valence-electron chi connectivity index (χ3n) is 5.07. The van der Waals surface area contributed by atoms with Crippen LogP contribution in [0.3, 0.4) is 0 Å². The first-order chi connectivity index (χ1) is 19.6. The molecule has 0 fully saturated rings. The molecule has 8 nitrogen and oxygen atoms in total. The molecular weight excluding hydrogens is 673 g/mol. The van der Waals surface area contributed by atoms with E-state index in [1.165, 1.54) is 12.7 Å². The molecule has 0 atom stereocenters.